The first-order valence-electron chi connectivity index (χ1n) is 4.38. The molecule has 0 rings (SSSR count). The summed E-state index contributed by atoms with van der Waals surface area (Å²) < 4.78 is 0. The molecule has 0 aliphatic carbocycles. The van der Waals surface area contributed by atoms with E-state index in [0.717, 1.165) is 19.5 Å². The molecule has 0 aromatic carbocycles. The monoisotopic (exact) mass is 157 g/mol. The summed E-state index contributed by atoms with van der Waals surface area (Å²) in [5.74, 6) is 0.264. The molecule has 0 bridgehead atoms. The third-order valence-corrected chi connectivity index (χ3v) is 2.05. The van der Waals surface area contributed by atoms with Gasteiger partial charge in [0.15, 0.2) is 0 Å². The molecule has 1 atom stereocenters. The first-order chi connectivity index (χ1) is 5.13. The smallest absolute Gasteiger partial charge is 0.146 e. The van der Waals surface area contributed by atoms with Gasteiger partial charge in [0.05, 0.1) is 6.04 Å². The van der Waals surface area contributed by atoms with Gasteiger partial charge in [-0.05, 0) is 33.4 Å². The molecule has 66 valence electrons. The van der Waals surface area contributed by atoms with Crippen LogP contribution in [0.4, 0.5) is 0 Å². The van der Waals surface area contributed by atoms with Gasteiger partial charge in [-0.25, -0.2) is 0 Å². The van der Waals surface area contributed by atoms with Crippen LogP contribution in [0.5, 0.6) is 0 Å². The van der Waals surface area contributed by atoms with Gasteiger partial charge in [-0.2, -0.15) is 0 Å². The number of likely N-dealkylation sites (N-methyl/N-ethyl adjacent to an activating group) is 1. The average molecular weight is 157 g/mol. The zero-order chi connectivity index (χ0) is 8.85. The standard InChI is InChI=1S/C9H19NO/c1-5-7-10(6-2)8(3)9(4)11/h8H,5-7H2,1-4H3/t8-/m0/s1. The van der Waals surface area contributed by atoms with Gasteiger partial charge in [-0.1, -0.05) is 13.8 Å². The fourth-order valence-electron chi connectivity index (χ4n) is 1.17. The van der Waals surface area contributed by atoms with E-state index >= 15 is 0 Å². The van der Waals surface area contributed by atoms with Gasteiger partial charge in [0.25, 0.3) is 0 Å². The van der Waals surface area contributed by atoms with Crippen molar-refractivity contribution in [2.45, 2.75) is 40.2 Å². The summed E-state index contributed by atoms with van der Waals surface area (Å²) in [5.41, 5.74) is 0. The van der Waals surface area contributed by atoms with Crippen molar-refractivity contribution in [3.8, 4) is 0 Å². The zero-order valence-electron chi connectivity index (χ0n) is 8.05. The Morgan fingerprint density at radius 3 is 2.27 bits per heavy atom. The molecule has 0 spiro atoms. The number of ketones is 1. The number of hydrogen-bond acceptors (Lipinski definition) is 2. The molecule has 2 nitrogen and oxygen atoms in total. The van der Waals surface area contributed by atoms with E-state index < -0.39 is 0 Å². The fourth-order valence-corrected chi connectivity index (χ4v) is 1.17. The average Bonchev–Trinajstić information content (AvgIpc) is 1.98. The summed E-state index contributed by atoms with van der Waals surface area (Å²) in [5, 5.41) is 0. The van der Waals surface area contributed by atoms with Crippen LogP contribution in [0.2, 0.25) is 0 Å². The lowest BCUT2D eigenvalue weighted by Gasteiger charge is -2.24. The molecule has 0 aromatic rings. The highest BCUT2D eigenvalue weighted by Crippen LogP contribution is 2.00. The van der Waals surface area contributed by atoms with Gasteiger partial charge in [-0.3, -0.25) is 9.69 Å². The number of Topliss-reactive ketones (excluding diaryl/α,β-unsaturated/α-hetero) is 1. The minimum Gasteiger partial charge on any atom is -0.298 e. The molecule has 0 aliphatic heterocycles. The maximum absolute atomic E-state index is 11.0. The number of rotatable bonds is 5. The summed E-state index contributed by atoms with van der Waals surface area (Å²) >= 11 is 0. The first-order valence-corrected chi connectivity index (χ1v) is 4.38. The van der Waals surface area contributed by atoms with Crippen LogP contribution in [-0.2, 0) is 4.79 Å². The molecule has 0 amide bonds. The van der Waals surface area contributed by atoms with Crippen molar-refractivity contribution in [1.29, 1.82) is 0 Å². The van der Waals surface area contributed by atoms with Gasteiger partial charge >= 0.3 is 0 Å². The van der Waals surface area contributed by atoms with Crippen molar-refractivity contribution >= 4 is 5.78 Å². The van der Waals surface area contributed by atoms with E-state index in [1.165, 1.54) is 0 Å². The first kappa shape index (κ1) is 10.6. The molecule has 0 heterocycles. The van der Waals surface area contributed by atoms with Gasteiger partial charge in [-0.15, -0.1) is 0 Å². The molecule has 2 heteroatoms. The van der Waals surface area contributed by atoms with E-state index in [0.29, 0.717) is 0 Å². The molecule has 0 aliphatic rings. The van der Waals surface area contributed by atoms with Gasteiger partial charge < -0.3 is 0 Å². The lowest BCUT2D eigenvalue weighted by atomic mass is 10.2. The minimum absolute atomic E-state index is 0.0972. The number of hydrogen-bond donors (Lipinski definition) is 0. The van der Waals surface area contributed by atoms with Crippen LogP contribution in [0.25, 0.3) is 0 Å². The van der Waals surface area contributed by atoms with E-state index in [-0.39, 0.29) is 11.8 Å². The maximum Gasteiger partial charge on any atom is 0.146 e. The Morgan fingerprint density at radius 2 is 2.00 bits per heavy atom. The number of carbonyl (C=O) groups excluding carboxylic acids is 1. The quantitative estimate of drug-likeness (QED) is 0.605. The lowest BCUT2D eigenvalue weighted by Crippen LogP contribution is -2.38. The van der Waals surface area contributed by atoms with Crippen molar-refractivity contribution in [2.75, 3.05) is 13.1 Å². The highest BCUT2D eigenvalue weighted by atomic mass is 16.1. The van der Waals surface area contributed by atoms with Crippen molar-refractivity contribution in [3.63, 3.8) is 0 Å². The minimum atomic E-state index is 0.0972. The van der Waals surface area contributed by atoms with E-state index in [4.69, 9.17) is 0 Å². The molecular formula is C9H19NO. The molecule has 0 saturated heterocycles. The highest BCUT2D eigenvalue weighted by Gasteiger charge is 2.14. The Morgan fingerprint density at radius 1 is 1.45 bits per heavy atom. The second-order valence-corrected chi connectivity index (χ2v) is 2.92. The Hall–Kier alpha value is -0.370. The summed E-state index contributed by atoms with van der Waals surface area (Å²) in [7, 11) is 0. The molecule has 0 aromatic heterocycles. The normalized spacial score (nSPS) is 13.5. The third-order valence-electron chi connectivity index (χ3n) is 2.05. The Kier molecular flexibility index (Phi) is 5.12. The number of nitrogens with zero attached hydrogens (tertiary/aromatic N) is 1. The molecule has 0 N–H and O–H groups in total. The molecule has 11 heavy (non-hydrogen) atoms. The Bertz CT molecular complexity index is 123. The van der Waals surface area contributed by atoms with Crippen LogP contribution < -0.4 is 0 Å². The van der Waals surface area contributed by atoms with E-state index in [9.17, 15) is 4.79 Å². The van der Waals surface area contributed by atoms with Crippen LogP contribution in [-0.4, -0.2) is 29.8 Å². The number of carbonyl (C=O) groups is 1. The Balaban J connectivity index is 3.91. The van der Waals surface area contributed by atoms with Crippen molar-refractivity contribution in [1.82, 2.24) is 4.90 Å². The van der Waals surface area contributed by atoms with E-state index in [1.54, 1.807) is 6.92 Å². The Labute approximate surface area is 69.6 Å². The largest absolute Gasteiger partial charge is 0.298 e. The highest BCUT2D eigenvalue weighted by molar-refractivity contribution is 5.80. The lowest BCUT2D eigenvalue weighted by molar-refractivity contribution is -0.121. The summed E-state index contributed by atoms with van der Waals surface area (Å²) in [6.07, 6.45) is 1.12. The van der Waals surface area contributed by atoms with Crippen LogP contribution in [0, 0.1) is 0 Å². The van der Waals surface area contributed by atoms with Crippen LogP contribution in [0.1, 0.15) is 34.1 Å². The van der Waals surface area contributed by atoms with Gasteiger partial charge in [0.2, 0.25) is 0 Å². The molecule has 0 radical (unpaired) electrons. The van der Waals surface area contributed by atoms with Gasteiger partial charge in [0.1, 0.15) is 5.78 Å². The van der Waals surface area contributed by atoms with Gasteiger partial charge in [0, 0.05) is 0 Å². The zero-order valence-corrected chi connectivity index (χ0v) is 8.05. The van der Waals surface area contributed by atoms with Crippen LogP contribution in [0.3, 0.4) is 0 Å². The summed E-state index contributed by atoms with van der Waals surface area (Å²) in [6.45, 7) is 9.85. The molecule has 0 fully saturated rings. The van der Waals surface area contributed by atoms with Crippen molar-refractivity contribution in [2.24, 2.45) is 0 Å². The van der Waals surface area contributed by atoms with E-state index in [1.807, 2.05) is 6.92 Å². The topological polar surface area (TPSA) is 20.3 Å². The molecule has 0 saturated carbocycles. The third kappa shape index (κ3) is 3.51. The SMILES string of the molecule is CCCN(CC)[C@@H](C)C(C)=O. The maximum atomic E-state index is 11.0. The molecular weight excluding hydrogens is 138 g/mol. The van der Waals surface area contributed by atoms with Crippen LogP contribution in [0.15, 0.2) is 0 Å². The predicted octanol–water partition coefficient (Wildman–Crippen LogP) is 1.70. The van der Waals surface area contributed by atoms with E-state index in [2.05, 4.69) is 18.7 Å². The fraction of sp³-hybridized carbons (Fsp3) is 0.889. The molecule has 0 unspecified atom stereocenters. The van der Waals surface area contributed by atoms with Crippen LogP contribution >= 0.6 is 0 Å². The summed E-state index contributed by atoms with van der Waals surface area (Å²) in [6, 6.07) is 0.0972. The second-order valence-electron chi connectivity index (χ2n) is 2.92. The second kappa shape index (κ2) is 5.30. The predicted molar refractivity (Wildman–Crippen MR) is 47.7 cm³/mol. The van der Waals surface area contributed by atoms with Crippen molar-refractivity contribution < 1.29 is 4.79 Å². The summed E-state index contributed by atoms with van der Waals surface area (Å²) in [4.78, 5) is 13.2. The van der Waals surface area contributed by atoms with Crippen molar-refractivity contribution in [3.05, 3.63) is 0 Å².